The third-order valence-corrected chi connectivity index (χ3v) is 2.02. The zero-order valence-corrected chi connectivity index (χ0v) is 9.55. The minimum Gasteiger partial charge on any atom is -0.305 e. The molecule has 1 atom stereocenters. The molecule has 0 saturated carbocycles. The normalized spacial score (nSPS) is 13.8. The van der Waals surface area contributed by atoms with Crippen molar-refractivity contribution >= 4 is 5.78 Å². The molecule has 13 heavy (non-hydrogen) atoms. The molecule has 1 N–H and O–H groups in total. The molecule has 2 heteroatoms. The van der Waals surface area contributed by atoms with Crippen LogP contribution in [0.15, 0.2) is 0 Å². The molecule has 0 aliphatic heterocycles. The number of carbonyl (C=O) groups excluding carboxylic acids is 1. The first-order valence-corrected chi connectivity index (χ1v) is 5.28. The van der Waals surface area contributed by atoms with Crippen LogP contribution in [0.5, 0.6) is 0 Å². The molecule has 0 spiro atoms. The van der Waals surface area contributed by atoms with E-state index in [9.17, 15) is 4.79 Å². The van der Waals surface area contributed by atoms with Crippen LogP contribution in [0.3, 0.4) is 0 Å². The van der Waals surface area contributed by atoms with E-state index in [1.54, 1.807) is 0 Å². The van der Waals surface area contributed by atoms with E-state index in [1.165, 1.54) is 0 Å². The SMILES string of the molecule is CCCC(NC(C)C)C(=O)C(C)C. The maximum atomic E-state index is 11.7. The van der Waals surface area contributed by atoms with Crippen LogP contribution < -0.4 is 5.32 Å². The number of carbonyl (C=O) groups is 1. The zero-order chi connectivity index (χ0) is 10.4. The highest BCUT2D eigenvalue weighted by molar-refractivity contribution is 5.85. The Kier molecular flexibility index (Phi) is 5.97. The Hall–Kier alpha value is -0.370. The van der Waals surface area contributed by atoms with Crippen LogP contribution >= 0.6 is 0 Å². The van der Waals surface area contributed by atoms with Gasteiger partial charge in [-0.15, -0.1) is 0 Å². The average molecular weight is 185 g/mol. The fourth-order valence-electron chi connectivity index (χ4n) is 1.40. The molecule has 78 valence electrons. The number of ketones is 1. The molecule has 0 heterocycles. The molecule has 0 saturated heterocycles. The lowest BCUT2D eigenvalue weighted by Gasteiger charge is -2.21. The van der Waals surface area contributed by atoms with Crippen LogP contribution in [0.4, 0.5) is 0 Å². The Balaban J connectivity index is 4.15. The van der Waals surface area contributed by atoms with Crippen molar-refractivity contribution in [2.75, 3.05) is 0 Å². The molecule has 0 aliphatic carbocycles. The van der Waals surface area contributed by atoms with Gasteiger partial charge in [-0.25, -0.2) is 0 Å². The molecule has 0 rings (SSSR count). The van der Waals surface area contributed by atoms with E-state index in [4.69, 9.17) is 0 Å². The van der Waals surface area contributed by atoms with E-state index in [1.807, 2.05) is 13.8 Å². The molecular weight excluding hydrogens is 162 g/mol. The largest absolute Gasteiger partial charge is 0.305 e. The van der Waals surface area contributed by atoms with Gasteiger partial charge in [0.15, 0.2) is 5.78 Å². The summed E-state index contributed by atoms with van der Waals surface area (Å²) in [6.07, 6.45) is 2.01. The molecule has 0 radical (unpaired) electrons. The van der Waals surface area contributed by atoms with E-state index >= 15 is 0 Å². The molecule has 0 fully saturated rings. The third-order valence-electron chi connectivity index (χ3n) is 2.02. The number of rotatable bonds is 6. The van der Waals surface area contributed by atoms with Gasteiger partial charge in [0, 0.05) is 12.0 Å². The lowest BCUT2D eigenvalue weighted by molar-refractivity contribution is -0.124. The highest BCUT2D eigenvalue weighted by atomic mass is 16.1. The Morgan fingerprint density at radius 3 is 2.08 bits per heavy atom. The van der Waals surface area contributed by atoms with Gasteiger partial charge >= 0.3 is 0 Å². The lowest BCUT2D eigenvalue weighted by atomic mass is 9.98. The van der Waals surface area contributed by atoms with Gasteiger partial charge in [-0.3, -0.25) is 4.79 Å². The number of hydrogen-bond donors (Lipinski definition) is 1. The van der Waals surface area contributed by atoms with Gasteiger partial charge in [0.1, 0.15) is 0 Å². The van der Waals surface area contributed by atoms with Gasteiger partial charge in [0.25, 0.3) is 0 Å². The summed E-state index contributed by atoms with van der Waals surface area (Å²) in [5.74, 6) is 0.485. The third kappa shape index (κ3) is 5.04. The summed E-state index contributed by atoms with van der Waals surface area (Å²) in [5.41, 5.74) is 0. The van der Waals surface area contributed by atoms with Crippen LogP contribution in [0.25, 0.3) is 0 Å². The van der Waals surface area contributed by atoms with Gasteiger partial charge in [-0.05, 0) is 6.42 Å². The van der Waals surface area contributed by atoms with Gasteiger partial charge in [0.2, 0.25) is 0 Å². The maximum absolute atomic E-state index is 11.7. The number of nitrogens with one attached hydrogen (secondary N) is 1. The van der Waals surface area contributed by atoms with E-state index < -0.39 is 0 Å². The molecule has 0 aromatic heterocycles. The van der Waals surface area contributed by atoms with E-state index in [2.05, 4.69) is 26.1 Å². The molecular formula is C11H23NO. The summed E-state index contributed by atoms with van der Waals surface area (Å²) in [6.45, 7) is 10.2. The van der Waals surface area contributed by atoms with E-state index in [-0.39, 0.29) is 12.0 Å². The monoisotopic (exact) mass is 185 g/mol. The van der Waals surface area contributed by atoms with Crippen molar-refractivity contribution in [3.05, 3.63) is 0 Å². The zero-order valence-electron chi connectivity index (χ0n) is 9.55. The van der Waals surface area contributed by atoms with Gasteiger partial charge in [-0.1, -0.05) is 41.0 Å². The van der Waals surface area contributed by atoms with Gasteiger partial charge in [-0.2, -0.15) is 0 Å². The second-order valence-electron chi connectivity index (χ2n) is 4.22. The summed E-state index contributed by atoms with van der Waals surface area (Å²) in [7, 11) is 0. The predicted molar refractivity (Wildman–Crippen MR) is 56.8 cm³/mol. The summed E-state index contributed by atoms with van der Waals surface area (Å²) in [6, 6.07) is 0.448. The second-order valence-corrected chi connectivity index (χ2v) is 4.22. The predicted octanol–water partition coefficient (Wildman–Crippen LogP) is 2.38. The molecule has 0 aromatic rings. The maximum Gasteiger partial charge on any atom is 0.152 e. The first-order chi connectivity index (χ1) is 5.99. The van der Waals surface area contributed by atoms with Gasteiger partial charge < -0.3 is 5.32 Å². The second kappa shape index (κ2) is 6.14. The van der Waals surface area contributed by atoms with Crippen molar-refractivity contribution in [3.63, 3.8) is 0 Å². The smallest absolute Gasteiger partial charge is 0.152 e. The standard InChI is InChI=1S/C11H23NO/c1-6-7-10(12-9(4)5)11(13)8(2)3/h8-10,12H,6-7H2,1-5H3. The molecule has 0 aliphatic rings. The molecule has 0 amide bonds. The molecule has 0 bridgehead atoms. The van der Waals surface area contributed by atoms with Crippen molar-refractivity contribution in [1.29, 1.82) is 0 Å². The van der Waals surface area contributed by atoms with Crippen molar-refractivity contribution in [1.82, 2.24) is 5.32 Å². The highest BCUT2D eigenvalue weighted by Gasteiger charge is 2.20. The minimum absolute atomic E-state index is 0.0602. The number of Topliss-reactive ketones (excluding diaryl/α,β-unsaturated/α-hetero) is 1. The fraction of sp³-hybridized carbons (Fsp3) is 0.909. The topological polar surface area (TPSA) is 29.1 Å². The quantitative estimate of drug-likeness (QED) is 0.688. The first kappa shape index (κ1) is 12.6. The van der Waals surface area contributed by atoms with E-state index in [0.29, 0.717) is 11.8 Å². The minimum atomic E-state index is 0.0602. The lowest BCUT2D eigenvalue weighted by Crippen LogP contribution is -2.42. The molecule has 1 unspecified atom stereocenters. The first-order valence-electron chi connectivity index (χ1n) is 5.28. The average Bonchev–Trinajstić information content (AvgIpc) is 2.01. The van der Waals surface area contributed by atoms with Crippen molar-refractivity contribution in [2.24, 2.45) is 5.92 Å². The molecule has 0 aromatic carbocycles. The van der Waals surface area contributed by atoms with E-state index in [0.717, 1.165) is 12.8 Å². The Morgan fingerprint density at radius 1 is 1.23 bits per heavy atom. The van der Waals surface area contributed by atoms with Crippen LogP contribution in [0.2, 0.25) is 0 Å². The summed E-state index contributed by atoms with van der Waals surface area (Å²) >= 11 is 0. The van der Waals surface area contributed by atoms with Crippen LogP contribution in [-0.2, 0) is 4.79 Å². The van der Waals surface area contributed by atoms with Crippen LogP contribution in [-0.4, -0.2) is 17.9 Å². The summed E-state index contributed by atoms with van der Waals surface area (Å²) < 4.78 is 0. The van der Waals surface area contributed by atoms with Crippen LogP contribution in [0.1, 0.15) is 47.5 Å². The van der Waals surface area contributed by atoms with Crippen molar-refractivity contribution in [3.8, 4) is 0 Å². The summed E-state index contributed by atoms with van der Waals surface area (Å²) in [5, 5.41) is 3.31. The Labute approximate surface area is 82.1 Å². The van der Waals surface area contributed by atoms with Gasteiger partial charge in [0.05, 0.1) is 6.04 Å². The fourth-order valence-corrected chi connectivity index (χ4v) is 1.40. The highest BCUT2D eigenvalue weighted by Crippen LogP contribution is 2.06. The molecule has 2 nitrogen and oxygen atoms in total. The number of hydrogen-bond acceptors (Lipinski definition) is 2. The van der Waals surface area contributed by atoms with Crippen molar-refractivity contribution in [2.45, 2.75) is 59.5 Å². The summed E-state index contributed by atoms with van der Waals surface area (Å²) in [4.78, 5) is 11.7. The van der Waals surface area contributed by atoms with Crippen molar-refractivity contribution < 1.29 is 4.79 Å². The Morgan fingerprint density at radius 2 is 1.77 bits per heavy atom. The Bertz CT molecular complexity index is 152. The van der Waals surface area contributed by atoms with Crippen LogP contribution in [0, 0.1) is 5.92 Å².